The van der Waals surface area contributed by atoms with Crippen LogP contribution in [0.2, 0.25) is 0 Å². The zero-order valence-electron chi connectivity index (χ0n) is 26.5. The Morgan fingerprint density at radius 1 is 1.12 bits per heavy atom. The van der Waals surface area contributed by atoms with E-state index >= 15 is 0 Å². The van der Waals surface area contributed by atoms with Gasteiger partial charge in [0.05, 0.1) is 11.2 Å². The third kappa shape index (κ3) is 5.94. The number of nitrogens with zero attached hydrogens (tertiary/aromatic N) is 3. The highest BCUT2D eigenvalue weighted by atomic mass is 19.1. The maximum atomic E-state index is 14.5. The molecule has 4 fully saturated rings. The van der Waals surface area contributed by atoms with Crippen LogP contribution in [0.4, 0.5) is 10.1 Å². The maximum Gasteiger partial charge on any atom is 0.263 e. The second kappa shape index (κ2) is 10.5. The lowest BCUT2D eigenvalue weighted by atomic mass is 9.53. The van der Waals surface area contributed by atoms with Crippen LogP contribution in [0.5, 0.6) is 0 Å². The third-order valence-electron chi connectivity index (χ3n) is 11.2. The van der Waals surface area contributed by atoms with Crippen LogP contribution in [-0.2, 0) is 15.9 Å². The number of rotatable bonds is 8. The number of carbonyl (C=O) groups excluding carboxylic acids is 1. The minimum absolute atomic E-state index is 0.00432. The van der Waals surface area contributed by atoms with Gasteiger partial charge in [0, 0.05) is 23.6 Å². The first-order chi connectivity index (χ1) is 20.1. The van der Waals surface area contributed by atoms with Gasteiger partial charge in [0.1, 0.15) is 0 Å². The van der Waals surface area contributed by atoms with E-state index in [1.165, 1.54) is 19.4 Å². The minimum Gasteiger partial charge on any atom is -0.390 e. The molecule has 0 saturated heterocycles. The van der Waals surface area contributed by atoms with Gasteiger partial charge in [-0.1, -0.05) is 23.4 Å². The summed E-state index contributed by atoms with van der Waals surface area (Å²) in [5, 5.41) is 25.2. The predicted octanol–water partition coefficient (Wildman–Crippen LogP) is 7.01. The Morgan fingerprint density at radius 3 is 2.33 bits per heavy atom. The lowest BCUT2D eigenvalue weighted by Crippen LogP contribution is -2.54. The zero-order valence-corrected chi connectivity index (χ0v) is 26.5. The molecule has 5 aliphatic rings. The van der Waals surface area contributed by atoms with Crippen LogP contribution < -0.4 is 4.90 Å². The van der Waals surface area contributed by atoms with E-state index in [2.05, 4.69) is 34.4 Å². The van der Waals surface area contributed by atoms with Gasteiger partial charge in [-0.25, -0.2) is 4.39 Å². The molecule has 0 radical (unpaired) electrons. The first-order valence-corrected chi connectivity index (χ1v) is 16.2. The number of allylic oxidation sites excluding steroid dienone is 2. The quantitative estimate of drug-likeness (QED) is 0.341. The summed E-state index contributed by atoms with van der Waals surface area (Å²) in [5.41, 5.74) is 0.00601. The van der Waals surface area contributed by atoms with Crippen molar-refractivity contribution in [1.29, 1.82) is 0 Å². The summed E-state index contributed by atoms with van der Waals surface area (Å²) >= 11 is 0. The van der Waals surface area contributed by atoms with Gasteiger partial charge in [-0.2, -0.15) is 4.98 Å². The maximum absolute atomic E-state index is 14.5. The molecule has 1 aromatic heterocycles. The van der Waals surface area contributed by atoms with E-state index in [0.29, 0.717) is 25.2 Å². The van der Waals surface area contributed by atoms with Crippen LogP contribution in [-0.4, -0.2) is 44.0 Å². The van der Waals surface area contributed by atoms with Crippen molar-refractivity contribution in [3.05, 3.63) is 47.6 Å². The Hall–Kier alpha value is -2.58. The SMILES string of the molecule is CC1(O)CC(C(=O)N(CC23CCC(c4noc(C(C)(C)F)n4)(CC2)CC3)c2cccc(C3=CCC(C(C)(C)O)CC3)c2)C1. The van der Waals surface area contributed by atoms with E-state index in [9.17, 15) is 19.4 Å². The number of carbonyl (C=O) groups is 1. The van der Waals surface area contributed by atoms with Crippen LogP contribution in [0, 0.1) is 17.3 Å². The van der Waals surface area contributed by atoms with Crippen molar-refractivity contribution in [1.82, 2.24) is 10.1 Å². The fraction of sp³-hybridized carbons (Fsp3) is 0.686. The summed E-state index contributed by atoms with van der Waals surface area (Å²) in [4.78, 5) is 20.6. The molecule has 2 N–H and O–H groups in total. The lowest BCUT2D eigenvalue weighted by molar-refractivity contribution is -0.137. The van der Waals surface area contributed by atoms with Crippen molar-refractivity contribution in [3.8, 4) is 0 Å². The van der Waals surface area contributed by atoms with Crippen LogP contribution in [0.15, 0.2) is 34.9 Å². The summed E-state index contributed by atoms with van der Waals surface area (Å²) in [5.74, 6) is 0.843. The molecule has 1 aromatic carbocycles. The molecule has 234 valence electrons. The van der Waals surface area contributed by atoms with E-state index in [4.69, 9.17) is 4.52 Å². The number of hydrogen-bond donors (Lipinski definition) is 2. The number of fused-ring (bicyclic) bond motifs is 3. The summed E-state index contributed by atoms with van der Waals surface area (Å²) in [7, 11) is 0. The van der Waals surface area contributed by atoms with Gasteiger partial charge in [-0.3, -0.25) is 4.79 Å². The molecule has 4 saturated carbocycles. The highest BCUT2D eigenvalue weighted by molar-refractivity contribution is 5.96. The average molecular weight is 594 g/mol. The van der Waals surface area contributed by atoms with Crippen molar-refractivity contribution in [2.75, 3.05) is 11.4 Å². The summed E-state index contributed by atoms with van der Waals surface area (Å²) in [6.07, 6.45) is 11.5. The number of aliphatic hydroxyl groups is 2. The number of benzene rings is 1. The van der Waals surface area contributed by atoms with Crippen molar-refractivity contribution < 1.29 is 23.9 Å². The van der Waals surface area contributed by atoms with Crippen molar-refractivity contribution in [2.45, 2.75) is 128 Å². The highest BCUT2D eigenvalue weighted by Crippen LogP contribution is 2.58. The fourth-order valence-corrected chi connectivity index (χ4v) is 8.16. The molecule has 1 unspecified atom stereocenters. The summed E-state index contributed by atoms with van der Waals surface area (Å²) < 4.78 is 19.8. The standard InChI is InChI=1S/C35H48FN3O4/c1-31(2,36)30-37-29(38-43-30)35-16-13-34(14-17-35,15-18-35)22-39(28(40)25-20-33(5,42)21-25)27-8-6-7-24(19-27)23-9-11-26(12-10-23)32(3,4)41/h6-9,19,25-26,41-42H,10-18,20-22H2,1-5H3. The van der Waals surface area contributed by atoms with Crippen molar-refractivity contribution in [3.63, 3.8) is 0 Å². The molecule has 5 aliphatic carbocycles. The van der Waals surface area contributed by atoms with Crippen molar-refractivity contribution in [2.24, 2.45) is 17.3 Å². The van der Waals surface area contributed by atoms with E-state index in [1.807, 2.05) is 31.7 Å². The molecule has 7 rings (SSSR count). The normalized spacial score (nSPS) is 32.7. The first kappa shape index (κ1) is 30.4. The topological polar surface area (TPSA) is 99.7 Å². The molecule has 2 bridgehead atoms. The fourth-order valence-electron chi connectivity index (χ4n) is 8.16. The molecule has 2 aromatic rings. The van der Waals surface area contributed by atoms with E-state index in [-0.39, 0.29) is 34.5 Å². The van der Waals surface area contributed by atoms with Crippen LogP contribution in [0.1, 0.15) is 123 Å². The number of anilines is 1. The third-order valence-corrected chi connectivity index (χ3v) is 11.2. The van der Waals surface area contributed by atoms with Gasteiger partial charge in [0.15, 0.2) is 11.5 Å². The number of alkyl halides is 1. The molecule has 1 heterocycles. The summed E-state index contributed by atoms with van der Waals surface area (Å²) in [6, 6.07) is 8.39. The predicted molar refractivity (Wildman–Crippen MR) is 164 cm³/mol. The van der Waals surface area contributed by atoms with Gasteiger partial charge in [0.2, 0.25) is 5.91 Å². The van der Waals surface area contributed by atoms with Gasteiger partial charge in [0.25, 0.3) is 5.89 Å². The average Bonchev–Trinajstić information content (AvgIpc) is 3.47. The second-order valence-electron chi connectivity index (χ2n) is 15.6. The first-order valence-electron chi connectivity index (χ1n) is 16.2. The molecule has 7 nitrogen and oxygen atoms in total. The van der Waals surface area contributed by atoms with Crippen LogP contribution in [0.25, 0.3) is 5.57 Å². The number of halogens is 1. The van der Waals surface area contributed by atoms with E-state index in [0.717, 1.165) is 69.0 Å². The minimum atomic E-state index is -1.67. The van der Waals surface area contributed by atoms with Crippen LogP contribution in [0.3, 0.4) is 0 Å². The number of hydrogen-bond acceptors (Lipinski definition) is 6. The Balaban J connectivity index is 1.23. The monoisotopic (exact) mass is 593 g/mol. The van der Waals surface area contributed by atoms with Crippen LogP contribution >= 0.6 is 0 Å². The number of amides is 1. The van der Waals surface area contributed by atoms with E-state index < -0.39 is 16.9 Å². The van der Waals surface area contributed by atoms with Crippen molar-refractivity contribution >= 4 is 17.2 Å². The molecular formula is C35H48FN3O4. The molecule has 43 heavy (non-hydrogen) atoms. The summed E-state index contributed by atoms with van der Waals surface area (Å²) in [6.45, 7) is 9.12. The molecule has 0 aliphatic heterocycles. The molecular weight excluding hydrogens is 545 g/mol. The number of aromatic nitrogens is 2. The Labute approximate surface area is 254 Å². The van der Waals surface area contributed by atoms with Gasteiger partial charge in [-0.05, 0) is 140 Å². The van der Waals surface area contributed by atoms with Gasteiger partial charge < -0.3 is 19.6 Å². The van der Waals surface area contributed by atoms with Gasteiger partial charge in [-0.15, -0.1) is 0 Å². The smallest absolute Gasteiger partial charge is 0.263 e. The Bertz CT molecular complexity index is 1370. The Morgan fingerprint density at radius 2 is 1.79 bits per heavy atom. The van der Waals surface area contributed by atoms with Gasteiger partial charge >= 0.3 is 0 Å². The molecule has 0 spiro atoms. The highest BCUT2D eigenvalue weighted by Gasteiger charge is 2.53. The largest absolute Gasteiger partial charge is 0.390 e. The zero-order chi connectivity index (χ0) is 30.8. The lowest BCUT2D eigenvalue weighted by Gasteiger charge is -2.54. The van der Waals surface area contributed by atoms with E-state index in [1.54, 1.807) is 0 Å². The molecule has 1 amide bonds. The molecule has 1 atom stereocenters. The Kier molecular flexibility index (Phi) is 7.44. The second-order valence-corrected chi connectivity index (χ2v) is 15.6. The molecule has 8 heteroatoms.